The van der Waals surface area contributed by atoms with Crippen LogP contribution >= 0.6 is 23.2 Å². The normalized spacial score (nSPS) is 13.7. The molecule has 4 aromatic carbocycles. The van der Waals surface area contributed by atoms with Crippen LogP contribution in [0.4, 0.5) is 5.69 Å². The number of carbonyl (C=O) groups is 2. The second-order valence-corrected chi connectivity index (χ2v) is 11.0. The van der Waals surface area contributed by atoms with E-state index < -0.39 is 23.5 Å². The van der Waals surface area contributed by atoms with Crippen molar-refractivity contribution in [3.05, 3.63) is 106 Å². The van der Waals surface area contributed by atoms with E-state index in [4.69, 9.17) is 23.2 Å². The number of fused-ring (bicyclic) bond motifs is 2. The van der Waals surface area contributed by atoms with Crippen LogP contribution in [0.15, 0.2) is 83.8 Å². The summed E-state index contributed by atoms with van der Waals surface area (Å²) in [4.78, 5) is 27.3. The summed E-state index contributed by atoms with van der Waals surface area (Å²) in [7, 11) is -1.89. The Labute approximate surface area is 226 Å². The number of nitrogens with zero attached hydrogens (tertiary/aromatic N) is 2. The monoisotopic (exact) mass is 552 g/mol. The maximum Gasteiger partial charge on any atom is 0.324 e. The molecule has 0 spiro atoms. The first kappa shape index (κ1) is 25.3. The van der Waals surface area contributed by atoms with Gasteiger partial charge in [0.25, 0.3) is 5.91 Å². The minimum absolute atomic E-state index is 0.0626. The average molecular weight is 553 g/mol. The molecule has 0 aliphatic carbocycles. The number of amides is 1. The summed E-state index contributed by atoms with van der Waals surface area (Å²) in [6, 6.07) is 23.3. The topological polar surface area (TPSA) is 77.9 Å². The van der Waals surface area contributed by atoms with E-state index in [9.17, 15) is 18.9 Å². The van der Waals surface area contributed by atoms with Gasteiger partial charge in [0.05, 0.1) is 10.6 Å². The quantitative estimate of drug-likeness (QED) is 0.320. The van der Waals surface area contributed by atoms with Crippen molar-refractivity contribution in [3.63, 3.8) is 0 Å². The van der Waals surface area contributed by atoms with Crippen LogP contribution < -0.4 is 4.31 Å². The van der Waals surface area contributed by atoms with Crippen LogP contribution in [0.2, 0.25) is 10.0 Å². The second-order valence-electron chi connectivity index (χ2n) is 8.74. The number of hydrogen-bond donors (Lipinski definition) is 1. The van der Waals surface area contributed by atoms with Crippen LogP contribution in [0.3, 0.4) is 0 Å². The number of anilines is 1. The SMILES string of the molecule is O=C(O)CN(c1ccc2c(C(=O)N3CCc4ccccc4C3)cccc2c1)S(=O)c1cc(Cl)cc(Cl)c1. The molecule has 1 aliphatic heterocycles. The van der Waals surface area contributed by atoms with Gasteiger partial charge in [-0.2, -0.15) is 0 Å². The van der Waals surface area contributed by atoms with Gasteiger partial charge in [-0.15, -0.1) is 0 Å². The summed E-state index contributed by atoms with van der Waals surface area (Å²) in [6.45, 7) is 0.684. The first-order valence-electron chi connectivity index (χ1n) is 11.6. The smallest absolute Gasteiger partial charge is 0.324 e. The zero-order valence-electron chi connectivity index (χ0n) is 19.6. The molecule has 188 valence electrons. The van der Waals surface area contributed by atoms with E-state index in [1.807, 2.05) is 23.1 Å². The Hall–Kier alpha value is -3.39. The van der Waals surface area contributed by atoms with Gasteiger partial charge in [-0.1, -0.05) is 65.7 Å². The molecular weight excluding hydrogens is 531 g/mol. The first-order chi connectivity index (χ1) is 17.8. The highest BCUT2D eigenvalue weighted by atomic mass is 35.5. The van der Waals surface area contributed by atoms with Crippen molar-refractivity contribution in [1.82, 2.24) is 4.90 Å². The van der Waals surface area contributed by atoms with Crippen LogP contribution in [0.25, 0.3) is 10.8 Å². The Morgan fingerprint density at radius 1 is 0.919 bits per heavy atom. The predicted octanol–water partition coefficient (Wildman–Crippen LogP) is 5.96. The number of rotatable bonds is 6. The summed E-state index contributed by atoms with van der Waals surface area (Å²) >= 11 is 12.2. The lowest BCUT2D eigenvalue weighted by molar-refractivity contribution is -0.135. The average Bonchev–Trinajstić information content (AvgIpc) is 2.89. The highest BCUT2D eigenvalue weighted by Gasteiger charge is 2.24. The fourth-order valence-corrected chi connectivity index (χ4v) is 6.48. The highest BCUT2D eigenvalue weighted by molar-refractivity contribution is 7.86. The van der Waals surface area contributed by atoms with Gasteiger partial charge >= 0.3 is 5.97 Å². The Balaban J connectivity index is 1.48. The Bertz CT molecular complexity index is 1540. The first-order valence-corrected chi connectivity index (χ1v) is 13.4. The standard InChI is InChI=1S/C28H22Cl2N2O4S/c29-21-13-22(30)15-24(14-21)37(36)32(17-27(33)34)23-8-9-25-19(12-23)6-3-7-26(25)28(35)31-11-10-18-4-1-2-5-20(18)16-31/h1-9,12-15H,10-11,16-17H2,(H,33,34). The van der Waals surface area contributed by atoms with Crippen LogP contribution in [0.1, 0.15) is 21.5 Å². The lowest BCUT2D eigenvalue weighted by Gasteiger charge is -2.29. The molecule has 1 aliphatic rings. The largest absolute Gasteiger partial charge is 0.480 e. The maximum atomic E-state index is 13.5. The molecule has 4 aromatic rings. The minimum Gasteiger partial charge on any atom is -0.480 e. The van der Waals surface area contributed by atoms with Gasteiger partial charge in [0, 0.05) is 28.7 Å². The molecule has 1 N–H and O–H groups in total. The van der Waals surface area contributed by atoms with Crippen molar-refractivity contribution < 1.29 is 18.9 Å². The Morgan fingerprint density at radius 3 is 2.38 bits per heavy atom. The molecule has 0 bridgehead atoms. The molecule has 0 saturated heterocycles. The molecule has 1 atom stereocenters. The number of carboxylic acids is 1. The molecule has 0 saturated carbocycles. The lowest BCUT2D eigenvalue weighted by atomic mass is 9.98. The molecule has 0 aromatic heterocycles. The molecular formula is C28H22Cl2N2O4S. The van der Waals surface area contributed by atoms with Gasteiger partial charge in [-0.05, 0) is 64.7 Å². The van der Waals surface area contributed by atoms with Crippen molar-refractivity contribution in [3.8, 4) is 0 Å². The summed E-state index contributed by atoms with van der Waals surface area (Å²) in [5, 5.41) is 11.6. The van der Waals surface area contributed by atoms with E-state index in [0.717, 1.165) is 22.8 Å². The number of carboxylic acid groups (broad SMARTS) is 1. The summed E-state index contributed by atoms with van der Waals surface area (Å²) in [5.74, 6) is -1.21. The van der Waals surface area contributed by atoms with Crippen LogP contribution in [-0.2, 0) is 28.7 Å². The van der Waals surface area contributed by atoms with E-state index in [1.165, 1.54) is 28.1 Å². The van der Waals surface area contributed by atoms with Crippen LogP contribution in [0.5, 0.6) is 0 Å². The third-order valence-electron chi connectivity index (χ3n) is 6.32. The zero-order chi connectivity index (χ0) is 26.1. The molecule has 37 heavy (non-hydrogen) atoms. The molecule has 0 radical (unpaired) electrons. The predicted molar refractivity (Wildman–Crippen MR) is 147 cm³/mol. The molecule has 0 fully saturated rings. The number of benzene rings is 4. The van der Waals surface area contributed by atoms with E-state index in [1.54, 1.807) is 30.3 Å². The van der Waals surface area contributed by atoms with Crippen LogP contribution in [0, 0.1) is 0 Å². The van der Waals surface area contributed by atoms with Gasteiger partial charge in [0.1, 0.15) is 6.54 Å². The maximum absolute atomic E-state index is 13.5. The molecule has 1 unspecified atom stereocenters. The van der Waals surface area contributed by atoms with Gasteiger partial charge in [0.2, 0.25) is 0 Å². The van der Waals surface area contributed by atoms with Crippen molar-refractivity contribution >= 4 is 62.5 Å². The van der Waals surface area contributed by atoms with Crippen molar-refractivity contribution in [1.29, 1.82) is 0 Å². The van der Waals surface area contributed by atoms with Gasteiger partial charge in [-0.3, -0.25) is 13.9 Å². The summed E-state index contributed by atoms with van der Waals surface area (Å²) in [5.41, 5.74) is 3.41. The summed E-state index contributed by atoms with van der Waals surface area (Å²) in [6.07, 6.45) is 0.806. The fourth-order valence-electron chi connectivity index (χ4n) is 4.58. The van der Waals surface area contributed by atoms with Gasteiger partial charge in [0.15, 0.2) is 11.0 Å². The second kappa shape index (κ2) is 10.5. The van der Waals surface area contributed by atoms with E-state index in [0.29, 0.717) is 34.4 Å². The highest BCUT2D eigenvalue weighted by Crippen LogP contribution is 2.30. The van der Waals surface area contributed by atoms with E-state index in [-0.39, 0.29) is 10.8 Å². The zero-order valence-corrected chi connectivity index (χ0v) is 21.9. The van der Waals surface area contributed by atoms with Gasteiger partial charge in [-0.25, -0.2) is 4.21 Å². The van der Waals surface area contributed by atoms with Crippen LogP contribution in [-0.4, -0.2) is 39.2 Å². The third kappa shape index (κ3) is 5.34. The minimum atomic E-state index is -1.89. The van der Waals surface area contributed by atoms with Crippen molar-refractivity contribution in [2.45, 2.75) is 17.9 Å². The molecule has 5 rings (SSSR count). The fraction of sp³-hybridized carbons (Fsp3) is 0.143. The number of hydrogen-bond acceptors (Lipinski definition) is 3. The number of carbonyl (C=O) groups excluding carboxylic acids is 1. The van der Waals surface area contributed by atoms with E-state index >= 15 is 0 Å². The van der Waals surface area contributed by atoms with Gasteiger partial charge < -0.3 is 10.0 Å². The Kier molecular flexibility index (Phi) is 7.20. The molecule has 1 heterocycles. The number of aliphatic carboxylic acids is 1. The van der Waals surface area contributed by atoms with Crippen molar-refractivity contribution in [2.75, 3.05) is 17.4 Å². The third-order valence-corrected chi connectivity index (χ3v) is 8.13. The lowest BCUT2D eigenvalue weighted by Crippen LogP contribution is -2.36. The van der Waals surface area contributed by atoms with Crippen molar-refractivity contribution in [2.24, 2.45) is 0 Å². The summed E-state index contributed by atoms with van der Waals surface area (Å²) < 4.78 is 14.7. The van der Waals surface area contributed by atoms with E-state index in [2.05, 4.69) is 12.1 Å². The molecule has 1 amide bonds. The Morgan fingerprint density at radius 2 is 1.65 bits per heavy atom. The molecule has 9 heteroatoms. The number of halogens is 2. The molecule has 6 nitrogen and oxygen atoms in total.